The number of halogens is 3. The average Bonchev–Trinajstić information content (AvgIpc) is 2.48. The zero-order valence-corrected chi connectivity index (χ0v) is 11.9. The number of hydrogen-bond donors (Lipinski definition) is 1. The summed E-state index contributed by atoms with van der Waals surface area (Å²) in [5, 5.41) is 9.35. The number of benzene rings is 2. The number of alkyl halides is 3. The molecule has 0 bridgehead atoms. The number of phenols is 1. The average molecular weight is 307 g/mol. The van der Waals surface area contributed by atoms with Crippen molar-refractivity contribution in [2.24, 2.45) is 0 Å². The highest BCUT2D eigenvalue weighted by Gasteiger charge is 2.34. The Morgan fingerprint density at radius 3 is 2.64 bits per heavy atom. The molecule has 0 saturated heterocycles. The maximum absolute atomic E-state index is 13.1. The number of para-hydroxylation sites is 1. The predicted octanol–water partition coefficient (Wildman–Crippen LogP) is 4.36. The second-order valence-corrected chi connectivity index (χ2v) is 5.49. The number of aryl methyl sites for hydroxylation is 1. The number of nitrogens with zero attached hydrogens (tertiary/aromatic N) is 1. The van der Waals surface area contributed by atoms with Gasteiger partial charge >= 0.3 is 6.18 Å². The van der Waals surface area contributed by atoms with Crippen molar-refractivity contribution < 1.29 is 18.3 Å². The van der Waals surface area contributed by atoms with E-state index in [4.69, 9.17) is 0 Å². The smallest absolute Gasteiger partial charge is 0.416 e. The summed E-state index contributed by atoms with van der Waals surface area (Å²) < 4.78 is 39.4. The molecule has 0 aliphatic carbocycles. The molecule has 1 N–H and O–H groups in total. The van der Waals surface area contributed by atoms with E-state index >= 15 is 0 Å². The quantitative estimate of drug-likeness (QED) is 0.891. The minimum absolute atomic E-state index is 0.182. The Kier molecular flexibility index (Phi) is 3.72. The molecule has 0 saturated carbocycles. The van der Waals surface area contributed by atoms with E-state index in [1.807, 2.05) is 29.2 Å². The summed E-state index contributed by atoms with van der Waals surface area (Å²) in [6.07, 6.45) is -2.59. The molecule has 22 heavy (non-hydrogen) atoms. The lowest BCUT2D eigenvalue weighted by Crippen LogP contribution is -2.29. The maximum Gasteiger partial charge on any atom is 0.416 e. The van der Waals surface area contributed by atoms with Crippen molar-refractivity contribution in [3.63, 3.8) is 0 Å². The summed E-state index contributed by atoms with van der Waals surface area (Å²) in [6, 6.07) is 11.3. The van der Waals surface area contributed by atoms with E-state index in [-0.39, 0.29) is 17.9 Å². The summed E-state index contributed by atoms with van der Waals surface area (Å²) in [6.45, 7) is 0.918. The second-order valence-electron chi connectivity index (χ2n) is 5.49. The van der Waals surface area contributed by atoms with Crippen LogP contribution in [0.4, 0.5) is 18.9 Å². The van der Waals surface area contributed by atoms with Gasteiger partial charge in [-0.2, -0.15) is 13.2 Å². The molecule has 0 fully saturated rings. The highest BCUT2D eigenvalue weighted by atomic mass is 19.4. The van der Waals surface area contributed by atoms with Crippen LogP contribution in [0.1, 0.15) is 23.1 Å². The summed E-state index contributed by atoms with van der Waals surface area (Å²) in [4.78, 5) is 1.97. The largest absolute Gasteiger partial charge is 0.508 e. The van der Waals surface area contributed by atoms with Crippen molar-refractivity contribution in [3.8, 4) is 5.75 Å². The van der Waals surface area contributed by atoms with E-state index in [0.717, 1.165) is 31.1 Å². The van der Waals surface area contributed by atoms with Gasteiger partial charge in [0.15, 0.2) is 0 Å². The number of fused-ring (bicyclic) bond motifs is 1. The third-order valence-electron chi connectivity index (χ3n) is 3.97. The van der Waals surface area contributed by atoms with Crippen LogP contribution < -0.4 is 4.90 Å². The molecule has 0 radical (unpaired) electrons. The van der Waals surface area contributed by atoms with Crippen LogP contribution in [0.15, 0.2) is 42.5 Å². The highest BCUT2D eigenvalue weighted by Crippen LogP contribution is 2.36. The van der Waals surface area contributed by atoms with Crippen molar-refractivity contribution in [1.82, 2.24) is 0 Å². The van der Waals surface area contributed by atoms with E-state index in [9.17, 15) is 18.3 Å². The number of rotatable bonds is 2. The first-order chi connectivity index (χ1) is 10.4. The lowest BCUT2D eigenvalue weighted by Gasteiger charge is -2.32. The lowest BCUT2D eigenvalue weighted by molar-refractivity contribution is -0.138. The standard InChI is InChI=1S/C17H16F3NO/c18-17(19,20)15-10-14(22)8-7-13(15)11-21-9-3-5-12-4-1-2-6-16(12)21/h1-2,4,6-8,10,22H,3,5,9,11H2. The first kappa shape index (κ1) is 14.8. The summed E-state index contributed by atoms with van der Waals surface area (Å²) in [5.41, 5.74) is 1.58. The first-order valence-electron chi connectivity index (χ1n) is 7.17. The summed E-state index contributed by atoms with van der Waals surface area (Å²) in [7, 11) is 0. The minimum Gasteiger partial charge on any atom is -0.508 e. The van der Waals surface area contributed by atoms with Crippen LogP contribution in [-0.2, 0) is 19.1 Å². The Morgan fingerprint density at radius 1 is 1.09 bits per heavy atom. The summed E-state index contributed by atoms with van der Waals surface area (Å²) >= 11 is 0. The molecule has 2 aromatic rings. The van der Waals surface area contributed by atoms with Gasteiger partial charge in [-0.1, -0.05) is 24.3 Å². The molecule has 2 nitrogen and oxygen atoms in total. The van der Waals surface area contributed by atoms with Gasteiger partial charge in [-0.3, -0.25) is 0 Å². The third kappa shape index (κ3) is 2.89. The van der Waals surface area contributed by atoms with E-state index in [1.54, 1.807) is 0 Å². The van der Waals surface area contributed by atoms with Crippen molar-refractivity contribution in [2.75, 3.05) is 11.4 Å². The Morgan fingerprint density at radius 2 is 1.86 bits per heavy atom. The maximum atomic E-state index is 13.1. The number of phenolic OH excluding ortho intramolecular Hbond substituents is 1. The van der Waals surface area contributed by atoms with Gasteiger partial charge in [0, 0.05) is 18.8 Å². The van der Waals surface area contributed by atoms with Gasteiger partial charge in [-0.15, -0.1) is 0 Å². The van der Waals surface area contributed by atoms with Crippen molar-refractivity contribution in [3.05, 3.63) is 59.2 Å². The molecular weight excluding hydrogens is 291 g/mol. The van der Waals surface area contributed by atoms with Gasteiger partial charge < -0.3 is 10.0 Å². The third-order valence-corrected chi connectivity index (χ3v) is 3.97. The molecular formula is C17H16F3NO. The normalized spacial score (nSPS) is 14.8. The van der Waals surface area contributed by atoms with E-state index < -0.39 is 11.7 Å². The highest BCUT2D eigenvalue weighted by molar-refractivity contribution is 5.56. The molecule has 1 aliphatic heterocycles. The SMILES string of the molecule is Oc1ccc(CN2CCCc3ccccc32)c(C(F)(F)F)c1. The van der Waals surface area contributed by atoms with Crippen LogP contribution in [0, 0.1) is 0 Å². The van der Waals surface area contributed by atoms with Crippen LogP contribution in [0.2, 0.25) is 0 Å². The van der Waals surface area contributed by atoms with Gasteiger partial charge in [0.1, 0.15) is 5.75 Å². The van der Waals surface area contributed by atoms with Crippen LogP contribution in [0.25, 0.3) is 0 Å². The fraction of sp³-hybridized carbons (Fsp3) is 0.294. The fourth-order valence-corrected chi connectivity index (χ4v) is 2.95. The van der Waals surface area contributed by atoms with Crippen LogP contribution in [0.3, 0.4) is 0 Å². The predicted molar refractivity (Wildman–Crippen MR) is 78.9 cm³/mol. The second kappa shape index (κ2) is 5.55. The molecule has 1 heterocycles. The minimum atomic E-state index is -4.47. The topological polar surface area (TPSA) is 23.5 Å². The molecule has 0 spiro atoms. The Labute approximate surface area is 126 Å². The molecule has 0 amide bonds. The first-order valence-corrected chi connectivity index (χ1v) is 7.17. The fourth-order valence-electron chi connectivity index (χ4n) is 2.95. The van der Waals surface area contributed by atoms with Crippen molar-refractivity contribution in [2.45, 2.75) is 25.6 Å². The van der Waals surface area contributed by atoms with Gasteiger partial charge in [0.25, 0.3) is 0 Å². The molecule has 0 atom stereocenters. The zero-order valence-electron chi connectivity index (χ0n) is 11.9. The molecule has 116 valence electrons. The van der Waals surface area contributed by atoms with Gasteiger partial charge in [0.05, 0.1) is 5.56 Å². The van der Waals surface area contributed by atoms with E-state index in [0.29, 0.717) is 0 Å². The van der Waals surface area contributed by atoms with Crippen molar-refractivity contribution >= 4 is 5.69 Å². The Hall–Kier alpha value is -2.17. The Bertz CT molecular complexity index is 682. The lowest BCUT2D eigenvalue weighted by atomic mass is 9.99. The molecule has 0 unspecified atom stereocenters. The number of hydrogen-bond acceptors (Lipinski definition) is 2. The van der Waals surface area contributed by atoms with Crippen LogP contribution in [0.5, 0.6) is 5.75 Å². The van der Waals surface area contributed by atoms with E-state index in [1.165, 1.54) is 17.7 Å². The van der Waals surface area contributed by atoms with E-state index in [2.05, 4.69) is 0 Å². The van der Waals surface area contributed by atoms with Gasteiger partial charge in [-0.25, -0.2) is 0 Å². The van der Waals surface area contributed by atoms with Crippen LogP contribution in [-0.4, -0.2) is 11.7 Å². The molecule has 5 heteroatoms. The van der Waals surface area contributed by atoms with Gasteiger partial charge in [-0.05, 0) is 42.2 Å². The van der Waals surface area contributed by atoms with Crippen molar-refractivity contribution in [1.29, 1.82) is 0 Å². The van der Waals surface area contributed by atoms with Gasteiger partial charge in [0.2, 0.25) is 0 Å². The number of anilines is 1. The summed E-state index contributed by atoms with van der Waals surface area (Å²) in [5.74, 6) is -0.366. The molecule has 2 aromatic carbocycles. The molecule has 0 aromatic heterocycles. The van der Waals surface area contributed by atoms with Crippen LogP contribution >= 0.6 is 0 Å². The molecule has 1 aliphatic rings. The zero-order chi connectivity index (χ0) is 15.7. The number of aromatic hydroxyl groups is 1. The monoisotopic (exact) mass is 307 g/mol. The Balaban J connectivity index is 1.95. The molecule has 3 rings (SSSR count).